The lowest BCUT2D eigenvalue weighted by molar-refractivity contribution is -0.0885. The number of nitrogens with zero attached hydrogens (tertiary/aromatic N) is 4. The van der Waals surface area contributed by atoms with Crippen molar-refractivity contribution in [3.05, 3.63) is 40.8 Å². The monoisotopic (exact) mass is 447 g/mol. The normalized spacial score (nSPS) is 13.4. The molecule has 9 nitrogen and oxygen atoms in total. The fourth-order valence-corrected chi connectivity index (χ4v) is 3.86. The van der Waals surface area contributed by atoms with Crippen molar-refractivity contribution < 1.29 is 31.1 Å². The number of sulfonamides is 1. The molecule has 0 fully saturated rings. The summed E-state index contributed by atoms with van der Waals surface area (Å²) < 4.78 is 79.6. The molecular formula is C17H20F3N5O4S. The van der Waals surface area contributed by atoms with Crippen molar-refractivity contribution in [1.82, 2.24) is 19.6 Å². The molecule has 0 aliphatic rings. The maximum absolute atomic E-state index is 13.6. The fourth-order valence-electron chi connectivity index (χ4n) is 2.44. The molecule has 164 valence electrons. The van der Waals surface area contributed by atoms with Crippen LogP contribution in [-0.2, 0) is 10.0 Å². The van der Waals surface area contributed by atoms with Crippen LogP contribution in [0.5, 0.6) is 11.8 Å². The van der Waals surface area contributed by atoms with E-state index in [0.717, 1.165) is 10.6 Å². The highest BCUT2D eigenvalue weighted by atomic mass is 32.2. The van der Waals surface area contributed by atoms with Crippen LogP contribution in [0, 0.1) is 0 Å². The van der Waals surface area contributed by atoms with Crippen molar-refractivity contribution in [2.75, 3.05) is 18.9 Å². The van der Waals surface area contributed by atoms with E-state index in [9.17, 15) is 21.6 Å². The Labute approximate surface area is 171 Å². The average Bonchev–Trinajstić information content (AvgIpc) is 3.06. The molecule has 0 saturated carbocycles. The molecule has 2 aromatic heterocycles. The zero-order chi connectivity index (χ0) is 22.7. The third-order valence-electron chi connectivity index (χ3n) is 3.80. The number of ether oxygens (including phenoxy) is 2. The number of hydrogen-bond donors (Lipinski definition) is 1. The first-order chi connectivity index (χ1) is 14.0. The van der Waals surface area contributed by atoms with Gasteiger partial charge < -0.3 is 9.47 Å². The minimum absolute atomic E-state index is 0.0292. The zero-order valence-corrected chi connectivity index (χ0v) is 17.4. The van der Waals surface area contributed by atoms with Gasteiger partial charge in [0, 0.05) is 0 Å². The topological polar surface area (TPSA) is 108 Å². The van der Waals surface area contributed by atoms with Crippen LogP contribution in [0.15, 0.2) is 40.8 Å². The molecule has 30 heavy (non-hydrogen) atoms. The third kappa shape index (κ3) is 4.72. The van der Waals surface area contributed by atoms with Gasteiger partial charge in [-0.25, -0.2) is 13.1 Å². The molecule has 0 aliphatic carbocycles. The summed E-state index contributed by atoms with van der Waals surface area (Å²) in [5, 5.41) is 3.90. The van der Waals surface area contributed by atoms with Gasteiger partial charge in [0.1, 0.15) is 4.91 Å². The maximum atomic E-state index is 13.6. The highest BCUT2D eigenvalue weighted by molar-refractivity contribution is 7.96. The van der Waals surface area contributed by atoms with Gasteiger partial charge >= 0.3 is 6.18 Å². The lowest BCUT2D eigenvalue weighted by Gasteiger charge is -2.17. The molecule has 0 bridgehead atoms. The predicted octanol–water partition coefficient (Wildman–Crippen LogP) is 3.24. The maximum Gasteiger partial charge on any atom is 0.417 e. The van der Waals surface area contributed by atoms with E-state index in [4.69, 9.17) is 9.47 Å². The van der Waals surface area contributed by atoms with E-state index in [-0.39, 0.29) is 29.5 Å². The fraction of sp³-hybridized carbons (Fsp3) is 0.353. The number of nitrogens with one attached hydrogen (secondary N) is 1. The molecule has 1 N–H and O–H groups in total. The van der Waals surface area contributed by atoms with Crippen LogP contribution in [0.4, 0.5) is 19.1 Å². The van der Waals surface area contributed by atoms with E-state index in [1.165, 1.54) is 34.1 Å². The second-order valence-electron chi connectivity index (χ2n) is 5.79. The molecule has 0 aliphatic heterocycles. The van der Waals surface area contributed by atoms with E-state index in [1.807, 2.05) is 4.72 Å². The first kappa shape index (κ1) is 23.2. The van der Waals surface area contributed by atoms with Crippen molar-refractivity contribution in [3.63, 3.8) is 0 Å². The minimum atomic E-state index is -4.93. The quantitative estimate of drug-likeness (QED) is 0.619. The van der Waals surface area contributed by atoms with Crippen LogP contribution in [-0.4, -0.2) is 48.4 Å². The van der Waals surface area contributed by atoms with Crippen LogP contribution in [0.1, 0.15) is 20.3 Å². The first-order valence-electron chi connectivity index (χ1n) is 8.49. The molecule has 0 amide bonds. The van der Waals surface area contributed by atoms with Gasteiger partial charge in [0.05, 0.1) is 25.9 Å². The van der Waals surface area contributed by atoms with E-state index < -0.39 is 32.6 Å². The van der Waals surface area contributed by atoms with Crippen LogP contribution >= 0.6 is 0 Å². The summed E-state index contributed by atoms with van der Waals surface area (Å²) in [7, 11) is -2.07. The molecule has 13 heteroatoms. The number of anilines is 1. The highest BCUT2D eigenvalue weighted by Crippen LogP contribution is 2.35. The smallest absolute Gasteiger partial charge is 0.417 e. The summed E-state index contributed by atoms with van der Waals surface area (Å²) in [6.07, 6.45) is -3.20. The van der Waals surface area contributed by atoms with Crippen molar-refractivity contribution in [1.29, 1.82) is 0 Å². The van der Waals surface area contributed by atoms with Crippen LogP contribution in [0.3, 0.4) is 0 Å². The average molecular weight is 447 g/mol. The van der Waals surface area contributed by atoms with E-state index >= 15 is 0 Å². The second kappa shape index (κ2) is 8.73. The summed E-state index contributed by atoms with van der Waals surface area (Å²) in [6.45, 7) is 6.32. The van der Waals surface area contributed by atoms with Gasteiger partial charge in [0.15, 0.2) is 0 Å². The van der Waals surface area contributed by atoms with Gasteiger partial charge in [0.25, 0.3) is 21.7 Å². The Morgan fingerprint density at radius 1 is 1.30 bits per heavy atom. The number of methoxy groups -OCH3 is 2. The SMILES string of the molecule is C=C(CC)/C(=C(\C=C/C)C(F)(F)F)S(=O)(=O)Nc1nc2nc(OC)cc(OC)n2n1. The molecule has 0 radical (unpaired) electrons. The second-order valence-corrected chi connectivity index (χ2v) is 7.41. The summed E-state index contributed by atoms with van der Waals surface area (Å²) in [5.41, 5.74) is -1.58. The number of hydrogen-bond acceptors (Lipinski definition) is 7. The predicted molar refractivity (Wildman–Crippen MR) is 104 cm³/mol. The molecule has 0 spiro atoms. The van der Waals surface area contributed by atoms with Gasteiger partial charge in [-0.1, -0.05) is 25.7 Å². The largest absolute Gasteiger partial charge is 0.481 e. The molecule has 2 heterocycles. The van der Waals surface area contributed by atoms with Gasteiger partial charge in [-0.2, -0.15) is 27.7 Å². The Morgan fingerprint density at radius 2 is 1.97 bits per heavy atom. The molecule has 0 atom stereocenters. The van der Waals surface area contributed by atoms with Crippen LogP contribution < -0.4 is 14.2 Å². The van der Waals surface area contributed by atoms with Crippen molar-refractivity contribution in [2.24, 2.45) is 0 Å². The van der Waals surface area contributed by atoms with Gasteiger partial charge in [-0.05, 0) is 18.9 Å². The number of allylic oxidation sites excluding steroid dienone is 4. The molecule has 0 saturated heterocycles. The summed E-state index contributed by atoms with van der Waals surface area (Å²) in [6, 6.07) is 1.37. The van der Waals surface area contributed by atoms with E-state index in [1.54, 1.807) is 0 Å². The van der Waals surface area contributed by atoms with Crippen molar-refractivity contribution >= 4 is 21.7 Å². The number of fused-ring (bicyclic) bond motifs is 1. The Bertz CT molecular complexity index is 1120. The zero-order valence-electron chi connectivity index (χ0n) is 16.6. The first-order valence-corrected chi connectivity index (χ1v) is 9.97. The van der Waals surface area contributed by atoms with Crippen LogP contribution in [0.25, 0.3) is 5.78 Å². The molecule has 2 aromatic rings. The van der Waals surface area contributed by atoms with Crippen molar-refractivity contribution in [2.45, 2.75) is 26.4 Å². The number of halogens is 3. The summed E-state index contributed by atoms with van der Waals surface area (Å²) in [4.78, 5) is 6.88. The summed E-state index contributed by atoms with van der Waals surface area (Å²) >= 11 is 0. The molecule has 0 unspecified atom stereocenters. The van der Waals surface area contributed by atoms with Crippen LogP contribution in [0.2, 0.25) is 0 Å². The third-order valence-corrected chi connectivity index (χ3v) is 5.30. The lowest BCUT2D eigenvalue weighted by Crippen LogP contribution is -2.23. The highest BCUT2D eigenvalue weighted by Gasteiger charge is 2.39. The molecule has 0 aromatic carbocycles. The Balaban J connectivity index is 2.65. The van der Waals surface area contributed by atoms with Crippen molar-refractivity contribution in [3.8, 4) is 11.8 Å². The van der Waals surface area contributed by atoms with Gasteiger partial charge in [-0.15, -0.1) is 5.10 Å². The minimum Gasteiger partial charge on any atom is -0.481 e. The van der Waals surface area contributed by atoms with E-state index in [0.29, 0.717) is 6.08 Å². The van der Waals surface area contributed by atoms with E-state index in [2.05, 4.69) is 21.6 Å². The lowest BCUT2D eigenvalue weighted by atomic mass is 10.1. The molecular weight excluding hydrogens is 427 g/mol. The summed E-state index contributed by atoms with van der Waals surface area (Å²) in [5.74, 6) is -0.354. The number of alkyl halides is 3. The van der Waals surface area contributed by atoms with Gasteiger partial charge in [0.2, 0.25) is 11.8 Å². The molecule has 2 rings (SSSR count). The number of aromatic nitrogens is 4. The number of rotatable bonds is 8. The standard InChI is InChI=1S/C17H20F3N5O4S/c1-6-8-11(17(18,19)20)14(10(3)7-2)30(26,27)24-15-22-16-21-12(28-4)9-13(29-5)25(16)23-15/h6,8-9H,3,7H2,1-2,4-5H3,(H,23,24)/b8-6-,14-11-. The Hall–Kier alpha value is -3.09. The van der Waals surface area contributed by atoms with Gasteiger partial charge in [-0.3, -0.25) is 0 Å². The Morgan fingerprint density at radius 3 is 2.47 bits per heavy atom. The Kier molecular flexibility index (Phi) is 6.75.